The Labute approximate surface area is 96.1 Å². The van der Waals surface area contributed by atoms with Gasteiger partial charge in [-0.3, -0.25) is 4.79 Å². The van der Waals surface area contributed by atoms with E-state index < -0.39 is 6.10 Å². The van der Waals surface area contributed by atoms with Gasteiger partial charge in [0.15, 0.2) is 0 Å². The van der Waals surface area contributed by atoms with Gasteiger partial charge in [0.25, 0.3) is 0 Å². The van der Waals surface area contributed by atoms with Crippen molar-refractivity contribution in [2.24, 2.45) is 5.92 Å². The van der Waals surface area contributed by atoms with Gasteiger partial charge in [-0.2, -0.15) is 0 Å². The molecule has 2 N–H and O–H groups in total. The van der Waals surface area contributed by atoms with Crippen molar-refractivity contribution in [3.8, 4) is 0 Å². The molecule has 0 spiro atoms. The molecule has 1 aliphatic rings. The number of rotatable bonds is 5. The van der Waals surface area contributed by atoms with Crippen LogP contribution in [-0.2, 0) is 14.3 Å². The Bertz CT molecular complexity index is 234. The first-order valence-electron chi connectivity index (χ1n) is 5.64. The molecule has 0 bridgehead atoms. The lowest BCUT2D eigenvalue weighted by molar-refractivity contribution is -0.145. The van der Waals surface area contributed by atoms with Crippen LogP contribution in [0.1, 0.15) is 20.3 Å². The van der Waals surface area contributed by atoms with E-state index >= 15 is 0 Å². The summed E-state index contributed by atoms with van der Waals surface area (Å²) in [7, 11) is 1.39. The molecule has 1 rings (SSSR count). The molecule has 1 saturated heterocycles. The summed E-state index contributed by atoms with van der Waals surface area (Å²) in [5.41, 5.74) is 0. The molecule has 1 fully saturated rings. The van der Waals surface area contributed by atoms with Gasteiger partial charge >= 0.3 is 5.97 Å². The van der Waals surface area contributed by atoms with Gasteiger partial charge in [-0.15, -0.1) is 0 Å². The molecule has 4 atom stereocenters. The summed E-state index contributed by atoms with van der Waals surface area (Å²) in [5.74, 6) is -0.330. The van der Waals surface area contributed by atoms with Gasteiger partial charge in [0.1, 0.15) is 0 Å². The molecule has 1 heterocycles. The molecule has 16 heavy (non-hydrogen) atoms. The maximum Gasteiger partial charge on any atom is 0.308 e. The molecule has 0 amide bonds. The highest BCUT2D eigenvalue weighted by molar-refractivity contribution is 5.71. The second-order valence-corrected chi connectivity index (χ2v) is 4.44. The van der Waals surface area contributed by atoms with Crippen LogP contribution in [0.4, 0.5) is 0 Å². The molecule has 0 aromatic rings. The Morgan fingerprint density at radius 1 is 1.56 bits per heavy atom. The first kappa shape index (κ1) is 13.4. The molecule has 0 saturated carbocycles. The van der Waals surface area contributed by atoms with Crippen LogP contribution < -0.4 is 5.32 Å². The Morgan fingerprint density at radius 2 is 2.25 bits per heavy atom. The number of methoxy groups -OCH3 is 1. The SMILES string of the molecule is COC(=O)C(C)CC(C)NC1COCC1O. The highest BCUT2D eigenvalue weighted by Gasteiger charge is 2.28. The van der Waals surface area contributed by atoms with E-state index in [0.717, 1.165) is 0 Å². The van der Waals surface area contributed by atoms with E-state index in [4.69, 9.17) is 4.74 Å². The van der Waals surface area contributed by atoms with Crippen LogP contribution >= 0.6 is 0 Å². The number of ether oxygens (including phenoxy) is 2. The number of nitrogens with one attached hydrogen (secondary N) is 1. The van der Waals surface area contributed by atoms with Crippen LogP contribution in [0.5, 0.6) is 0 Å². The van der Waals surface area contributed by atoms with Crippen LogP contribution in [0.2, 0.25) is 0 Å². The molecule has 4 unspecified atom stereocenters. The average Bonchev–Trinajstić information content (AvgIpc) is 2.63. The average molecular weight is 231 g/mol. The van der Waals surface area contributed by atoms with Crippen LogP contribution in [0, 0.1) is 5.92 Å². The van der Waals surface area contributed by atoms with E-state index in [1.54, 1.807) is 0 Å². The Hall–Kier alpha value is -0.650. The molecule has 0 radical (unpaired) electrons. The van der Waals surface area contributed by atoms with E-state index in [-0.39, 0.29) is 24.0 Å². The van der Waals surface area contributed by atoms with Gasteiger partial charge in [0.05, 0.1) is 38.4 Å². The van der Waals surface area contributed by atoms with Crippen molar-refractivity contribution in [3.05, 3.63) is 0 Å². The first-order chi connectivity index (χ1) is 7.54. The standard InChI is InChI=1S/C11H21NO4/c1-7(11(14)15-3)4-8(2)12-9-5-16-6-10(9)13/h7-10,12-13H,4-6H2,1-3H3. The molecular formula is C11H21NO4. The zero-order chi connectivity index (χ0) is 12.1. The van der Waals surface area contributed by atoms with E-state index in [0.29, 0.717) is 19.6 Å². The van der Waals surface area contributed by atoms with Crippen molar-refractivity contribution in [1.82, 2.24) is 5.32 Å². The number of aliphatic hydroxyl groups is 1. The van der Waals surface area contributed by atoms with E-state index in [2.05, 4.69) is 10.1 Å². The first-order valence-corrected chi connectivity index (χ1v) is 5.64. The second-order valence-electron chi connectivity index (χ2n) is 4.44. The zero-order valence-corrected chi connectivity index (χ0v) is 10.1. The van der Waals surface area contributed by atoms with Crippen LogP contribution in [-0.4, -0.2) is 49.6 Å². The summed E-state index contributed by atoms with van der Waals surface area (Å²) in [6.45, 7) is 4.74. The normalized spacial score (nSPS) is 28.8. The number of carbonyl (C=O) groups is 1. The Morgan fingerprint density at radius 3 is 2.75 bits per heavy atom. The van der Waals surface area contributed by atoms with Gasteiger partial charge < -0.3 is 19.9 Å². The van der Waals surface area contributed by atoms with Crippen LogP contribution in [0.3, 0.4) is 0 Å². The highest BCUT2D eigenvalue weighted by Crippen LogP contribution is 2.11. The summed E-state index contributed by atoms with van der Waals surface area (Å²) in [6, 6.07) is 0.121. The predicted molar refractivity (Wildman–Crippen MR) is 59.0 cm³/mol. The summed E-state index contributed by atoms with van der Waals surface area (Å²) < 4.78 is 9.80. The van der Waals surface area contributed by atoms with Gasteiger partial charge in [-0.25, -0.2) is 0 Å². The maximum atomic E-state index is 11.2. The van der Waals surface area contributed by atoms with Crippen LogP contribution in [0.15, 0.2) is 0 Å². The van der Waals surface area contributed by atoms with Crippen molar-refractivity contribution < 1.29 is 19.4 Å². The number of hydrogen-bond donors (Lipinski definition) is 2. The van der Waals surface area contributed by atoms with Crippen molar-refractivity contribution >= 4 is 5.97 Å². The fourth-order valence-electron chi connectivity index (χ4n) is 1.96. The number of hydrogen-bond acceptors (Lipinski definition) is 5. The van der Waals surface area contributed by atoms with Gasteiger partial charge in [-0.1, -0.05) is 6.92 Å². The molecule has 5 nitrogen and oxygen atoms in total. The maximum absolute atomic E-state index is 11.2. The number of carbonyl (C=O) groups excluding carboxylic acids is 1. The fraction of sp³-hybridized carbons (Fsp3) is 0.909. The summed E-state index contributed by atoms with van der Waals surface area (Å²) in [5, 5.41) is 12.8. The Balaban J connectivity index is 2.29. The van der Waals surface area contributed by atoms with Crippen molar-refractivity contribution in [2.75, 3.05) is 20.3 Å². The molecule has 0 aromatic carbocycles. The van der Waals surface area contributed by atoms with Gasteiger partial charge in [-0.05, 0) is 13.3 Å². The smallest absolute Gasteiger partial charge is 0.308 e. The summed E-state index contributed by atoms with van der Waals surface area (Å²) in [4.78, 5) is 11.2. The fourth-order valence-corrected chi connectivity index (χ4v) is 1.96. The van der Waals surface area contributed by atoms with E-state index in [1.807, 2.05) is 13.8 Å². The minimum Gasteiger partial charge on any atom is -0.469 e. The van der Waals surface area contributed by atoms with Gasteiger partial charge in [0, 0.05) is 6.04 Å². The minimum absolute atomic E-state index is 0.0279. The third-order valence-electron chi connectivity index (χ3n) is 2.86. The molecule has 94 valence electrons. The lowest BCUT2D eigenvalue weighted by Crippen LogP contribution is -2.44. The van der Waals surface area contributed by atoms with Crippen LogP contribution in [0.25, 0.3) is 0 Å². The number of aliphatic hydroxyl groups excluding tert-OH is 1. The van der Waals surface area contributed by atoms with Crippen molar-refractivity contribution in [3.63, 3.8) is 0 Å². The van der Waals surface area contributed by atoms with Crippen molar-refractivity contribution in [2.45, 2.75) is 38.5 Å². The summed E-state index contributed by atoms with van der Waals surface area (Å²) >= 11 is 0. The number of esters is 1. The lowest BCUT2D eigenvalue weighted by Gasteiger charge is -2.22. The van der Waals surface area contributed by atoms with E-state index in [9.17, 15) is 9.90 Å². The molecule has 5 heteroatoms. The Kier molecular flexibility index (Phi) is 5.18. The molecule has 1 aliphatic heterocycles. The topological polar surface area (TPSA) is 67.8 Å². The molecule has 0 aliphatic carbocycles. The van der Waals surface area contributed by atoms with Crippen molar-refractivity contribution in [1.29, 1.82) is 0 Å². The quantitative estimate of drug-likeness (QED) is 0.648. The predicted octanol–water partition coefficient (Wildman–Crippen LogP) is -0.0766. The summed E-state index contributed by atoms with van der Waals surface area (Å²) in [6.07, 6.45) is 0.242. The molecule has 0 aromatic heterocycles. The van der Waals surface area contributed by atoms with E-state index in [1.165, 1.54) is 7.11 Å². The largest absolute Gasteiger partial charge is 0.469 e. The monoisotopic (exact) mass is 231 g/mol. The lowest BCUT2D eigenvalue weighted by atomic mass is 10.0. The van der Waals surface area contributed by atoms with Gasteiger partial charge in [0.2, 0.25) is 0 Å². The third-order valence-corrected chi connectivity index (χ3v) is 2.86. The zero-order valence-electron chi connectivity index (χ0n) is 10.1. The third kappa shape index (κ3) is 3.73. The molecular weight excluding hydrogens is 210 g/mol. The second kappa shape index (κ2) is 6.18. The minimum atomic E-state index is -0.448. The highest BCUT2D eigenvalue weighted by atomic mass is 16.5.